The fourth-order valence-corrected chi connectivity index (χ4v) is 3.15. The van der Waals surface area contributed by atoms with E-state index in [4.69, 9.17) is 0 Å². The second-order valence-electron chi connectivity index (χ2n) is 4.26. The van der Waals surface area contributed by atoms with Crippen LogP contribution in [0.25, 0.3) is 0 Å². The fourth-order valence-electron chi connectivity index (χ4n) is 2.14. The van der Waals surface area contributed by atoms with Crippen LogP contribution in [0.4, 0.5) is 0 Å². The van der Waals surface area contributed by atoms with Crippen molar-refractivity contribution >= 4 is 23.2 Å². The Bertz CT molecular complexity index is 457. The molecule has 1 aromatic rings. The summed E-state index contributed by atoms with van der Waals surface area (Å²) in [7, 11) is 1.65. The van der Waals surface area contributed by atoms with Crippen molar-refractivity contribution in [3.8, 4) is 0 Å². The Labute approximate surface area is 103 Å². The van der Waals surface area contributed by atoms with Crippen molar-refractivity contribution in [1.29, 1.82) is 0 Å². The Morgan fingerprint density at radius 3 is 2.88 bits per heavy atom. The van der Waals surface area contributed by atoms with Crippen LogP contribution in [0.15, 0.2) is 5.38 Å². The molecule has 1 aliphatic heterocycles. The molecule has 17 heavy (non-hydrogen) atoms. The molecule has 2 heterocycles. The summed E-state index contributed by atoms with van der Waals surface area (Å²) in [5.74, 6) is -1.43. The maximum atomic E-state index is 11.7. The molecule has 1 N–H and O–H groups in total. The van der Waals surface area contributed by atoms with E-state index in [0.29, 0.717) is 17.8 Å². The first-order chi connectivity index (χ1) is 8.00. The van der Waals surface area contributed by atoms with Gasteiger partial charge in [0.1, 0.15) is 5.01 Å². The zero-order valence-corrected chi connectivity index (χ0v) is 10.5. The molecule has 1 saturated heterocycles. The number of carboxylic acid groups (broad SMARTS) is 1. The van der Waals surface area contributed by atoms with Gasteiger partial charge in [0.25, 0.3) is 0 Å². The first kappa shape index (κ1) is 12.0. The van der Waals surface area contributed by atoms with Crippen molar-refractivity contribution in [2.75, 3.05) is 7.05 Å². The van der Waals surface area contributed by atoms with Crippen LogP contribution < -0.4 is 0 Å². The number of piperidine rings is 1. The SMILES string of the molecule is Cc1csc(C2C(C(=O)O)CCC(=O)N2C)n1. The van der Waals surface area contributed by atoms with E-state index in [9.17, 15) is 14.7 Å². The Kier molecular flexibility index (Phi) is 3.15. The van der Waals surface area contributed by atoms with Crippen LogP contribution >= 0.6 is 11.3 Å². The predicted octanol–water partition coefficient (Wildman–Crippen LogP) is 1.45. The molecule has 2 unspecified atom stereocenters. The molecule has 1 aliphatic rings. The van der Waals surface area contributed by atoms with Gasteiger partial charge in [0.15, 0.2) is 0 Å². The van der Waals surface area contributed by atoms with Crippen LogP contribution in [-0.4, -0.2) is 33.9 Å². The minimum atomic E-state index is -0.859. The normalized spacial score (nSPS) is 25.1. The maximum absolute atomic E-state index is 11.7. The van der Waals surface area contributed by atoms with Crippen molar-refractivity contribution in [2.45, 2.75) is 25.8 Å². The Morgan fingerprint density at radius 2 is 2.35 bits per heavy atom. The molecule has 2 rings (SSSR count). The molecule has 0 saturated carbocycles. The molecule has 6 heteroatoms. The van der Waals surface area contributed by atoms with Gasteiger partial charge >= 0.3 is 5.97 Å². The van der Waals surface area contributed by atoms with Gasteiger partial charge in [-0.2, -0.15) is 0 Å². The summed E-state index contributed by atoms with van der Waals surface area (Å²) in [5, 5.41) is 11.8. The summed E-state index contributed by atoms with van der Waals surface area (Å²) < 4.78 is 0. The van der Waals surface area contributed by atoms with E-state index in [-0.39, 0.29) is 5.91 Å². The van der Waals surface area contributed by atoms with E-state index in [1.807, 2.05) is 12.3 Å². The molecule has 2 atom stereocenters. The van der Waals surface area contributed by atoms with Gasteiger partial charge in [-0.15, -0.1) is 11.3 Å². The Morgan fingerprint density at radius 1 is 1.65 bits per heavy atom. The molecule has 1 amide bonds. The minimum Gasteiger partial charge on any atom is -0.481 e. The largest absolute Gasteiger partial charge is 0.481 e. The van der Waals surface area contributed by atoms with Crippen LogP contribution in [-0.2, 0) is 9.59 Å². The average Bonchev–Trinajstić information content (AvgIpc) is 2.68. The van der Waals surface area contributed by atoms with Gasteiger partial charge in [-0.3, -0.25) is 9.59 Å². The molecular formula is C11H14N2O3S. The van der Waals surface area contributed by atoms with Crippen molar-refractivity contribution in [2.24, 2.45) is 5.92 Å². The standard InChI is InChI=1S/C11H14N2O3S/c1-6-5-17-10(12-6)9-7(11(15)16)3-4-8(14)13(9)2/h5,7,9H,3-4H2,1-2H3,(H,15,16). The molecule has 0 bridgehead atoms. The van der Waals surface area contributed by atoms with Crippen molar-refractivity contribution in [3.05, 3.63) is 16.1 Å². The zero-order chi connectivity index (χ0) is 12.6. The van der Waals surface area contributed by atoms with Crippen LogP contribution in [0.3, 0.4) is 0 Å². The lowest BCUT2D eigenvalue weighted by Crippen LogP contribution is -2.42. The van der Waals surface area contributed by atoms with E-state index >= 15 is 0 Å². The molecule has 0 aliphatic carbocycles. The van der Waals surface area contributed by atoms with Gasteiger partial charge in [-0.05, 0) is 13.3 Å². The van der Waals surface area contributed by atoms with E-state index in [0.717, 1.165) is 5.69 Å². The van der Waals surface area contributed by atoms with Crippen molar-refractivity contribution < 1.29 is 14.7 Å². The number of aromatic nitrogens is 1. The fraction of sp³-hybridized carbons (Fsp3) is 0.545. The van der Waals surface area contributed by atoms with Crippen LogP contribution in [0.2, 0.25) is 0 Å². The molecule has 0 spiro atoms. The smallest absolute Gasteiger partial charge is 0.309 e. The molecule has 1 aromatic heterocycles. The molecule has 0 aromatic carbocycles. The quantitative estimate of drug-likeness (QED) is 0.867. The first-order valence-corrected chi connectivity index (χ1v) is 6.29. The first-order valence-electron chi connectivity index (χ1n) is 5.41. The summed E-state index contributed by atoms with van der Waals surface area (Å²) in [6.07, 6.45) is 0.691. The monoisotopic (exact) mass is 254 g/mol. The van der Waals surface area contributed by atoms with Crippen molar-refractivity contribution in [1.82, 2.24) is 9.88 Å². The van der Waals surface area contributed by atoms with Gasteiger partial charge in [-0.25, -0.2) is 4.98 Å². The average molecular weight is 254 g/mol. The number of rotatable bonds is 2. The Hall–Kier alpha value is -1.43. The summed E-state index contributed by atoms with van der Waals surface area (Å²) in [6.45, 7) is 1.86. The minimum absolute atomic E-state index is 0.0136. The van der Waals surface area contributed by atoms with E-state index in [2.05, 4.69) is 4.98 Å². The van der Waals surface area contributed by atoms with Gasteiger partial charge in [0.05, 0.1) is 12.0 Å². The number of hydrogen-bond acceptors (Lipinski definition) is 4. The number of nitrogens with zero attached hydrogens (tertiary/aromatic N) is 2. The number of amides is 1. The topological polar surface area (TPSA) is 70.5 Å². The van der Waals surface area contributed by atoms with Crippen LogP contribution in [0.1, 0.15) is 29.6 Å². The van der Waals surface area contributed by atoms with Gasteiger partial charge in [-0.1, -0.05) is 0 Å². The third-order valence-electron chi connectivity index (χ3n) is 3.07. The number of aryl methyl sites for hydroxylation is 1. The van der Waals surface area contributed by atoms with Gasteiger partial charge in [0, 0.05) is 24.5 Å². The second kappa shape index (κ2) is 4.44. The van der Waals surface area contributed by atoms with E-state index in [1.54, 1.807) is 7.05 Å². The molecule has 92 valence electrons. The molecule has 1 fully saturated rings. The maximum Gasteiger partial charge on any atom is 0.309 e. The number of likely N-dealkylation sites (tertiary alicyclic amines) is 1. The summed E-state index contributed by atoms with van der Waals surface area (Å²) >= 11 is 1.41. The lowest BCUT2D eigenvalue weighted by atomic mass is 9.89. The molecule has 5 nitrogen and oxygen atoms in total. The predicted molar refractivity (Wildman–Crippen MR) is 62.7 cm³/mol. The molecule has 0 radical (unpaired) electrons. The highest BCUT2D eigenvalue weighted by atomic mass is 32.1. The third-order valence-corrected chi connectivity index (χ3v) is 4.10. The highest BCUT2D eigenvalue weighted by Gasteiger charge is 2.40. The van der Waals surface area contributed by atoms with Crippen LogP contribution in [0.5, 0.6) is 0 Å². The summed E-state index contributed by atoms with van der Waals surface area (Å²) in [5.41, 5.74) is 0.862. The molecular weight excluding hydrogens is 240 g/mol. The number of carbonyl (C=O) groups is 2. The number of carbonyl (C=O) groups excluding carboxylic acids is 1. The highest BCUT2D eigenvalue weighted by molar-refractivity contribution is 7.09. The zero-order valence-electron chi connectivity index (χ0n) is 9.71. The van der Waals surface area contributed by atoms with E-state index in [1.165, 1.54) is 16.2 Å². The lowest BCUT2D eigenvalue weighted by Gasteiger charge is -2.35. The number of hydrogen-bond donors (Lipinski definition) is 1. The Balaban J connectivity index is 2.36. The summed E-state index contributed by atoms with van der Waals surface area (Å²) in [6, 6.07) is -0.424. The van der Waals surface area contributed by atoms with Crippen molar-refractivity contribution in [3.63, 3.8) is 0 Å². The van der Waals surface area contributed by atoms with Gasteiger partial charge < -0.3 is 10.0 Å². The van der Waals surface area contributed by atoms with E-state index < -0.39 is 17.9 Å². The number of carboxylic acids is 1. The number of aliphatic carboxylic acids is 1. The second-order valence-corrected chi connectivity index (χ2v) is 5.15. The number of thiazole rings is 1. The summed E-state index contributed by atoms with van der Waals surface area (Å²) in [4.78, 5) is 28.7. The highest BCUT2D eigenvalue weighted by Crippen LogP contribution is 2.37. The third kappa shape index (κ3) is 2.17. The van der Waals surface area contributed by atoms with Gasteiger partial charge in [0.2, 0.25) is 5.91 Å². The van der Waals surface area contributed by atoms with Crippen LogP contribution in [0, 0.1) is 12.8 Å². The lowest BCUT2D eigenvalue weighted by molar-refractivity contribution is -0.150.